The van der Waals surface area contributed by atoms with E-state index in [0.717, 1.165) is 12.5 Å². The van der Waals surface area contributed by atoms with Crippen molar-refractivity contribution in [3.05, 3.63) is 24.5 Å². The highest BCUT2D eigenvalue weighted by atomic mass is 32.2. The first-order valence-corrected chi connectivity index (χ1v) is 5.55. The molecule has 1 saturated heterocycles. The fraction of sp³-hybridized carbons (Fsp3) is 0.556. The summed E-state index contributed by atoms with van der Waals surface area (Å²) in [5.41, 5.74) is 3.37. The summed E-state index contributed by atoms with van der Waals surface area (Å²) in [6, 6.07) is 4.08. The first-order chi connectivity index (χ1) is 5.95. The molecule has 0 aliphatic carbocycles. The molecule has 0 amide bonds. The second-order valence-corrected chi connectivity index (χ2v) is 4.33. The molecule has 0 saturated carbocycles. The number of nitrogens with one attached hydrogen (secondary N) is 1. The molecule has 1 aliphatic rings. The maximum atomic E-state index is 3.37. The van der Waals surface area contributed by atoms with Crippen LogP contribution < -0.4 is 5.43 Å². The van der Waals surface area contributed by atoms with E-state index in [4.69, 9.17) is 0 Å². The average Bonchev–Trinajstić information content (AvgIpc) is 2.74. The van der Waals surface area contributed by atoms with Gasteiger partial charge in [0.05, 0.1) is 0 Å². The van der Waals surface area contributed by atoms with Gasteiger partial charge < -0.3 is 5.43 Å². The fourth-order valence-electron chi connectivity index (χ4n) is 1.42. The maximum absolute atomic E-state index is 3.37. The lowest BCUT2D eigenvalue weighted by Crippen LogP contribution is -2.20. The Morgan fingerprint density at radius 2 is 2.25 bits per heavy atom. The Morgan fingerprint density at radius 3 is 2.92 bits per heavy atom. The van der Waals surface area contributed by atoms with E-state index in [-0.39, 0.29) is 0 Å². The molecule has 1 atom stereocenters. The molecule has 2 nitrogen and oxygen atoms in total. The molecule has 2 rings (SSSR count). The fourth-order valence-corrected chi connectivity index (χ4v) is 2.70. The first-order valence-electron chi connectivity index (χ1n) is 4.40. The highest BCUT2D eigenvalue weighted by Gasteiger charge is 2.14. The summed E-state index contributed by atoms with van der Waals surface area (Å²) in [5, 5.41) is 0. The van der Waals surface area contributed by atoms with Crippen LogP contribution in [0, 0.1) is 5.92 Å². The summed E-state index contributed by atoms with van der Waals surface area (Å²) in [7, 11) is 0. The van der Waals surface area contributed by atoms with E-state index in [0.29, 0.717) is 0 Å². The van der Waals surface area contributed by atoms with Crippen LogP contribution in [0.3, 0.4) is 0 Å². The average molecular weight is 182 g/mol. The number of rotatable bonds is 3. The second kappa shape index (κ2) is 3.90. The third kappa shape index (κ3) is 1.97. The molecule has 1 aliphatic heterocycles. The third-order valence-corrected chi connectivity index (χ3v) is 3.42. The Bertz CT molecular complexity index is 214. The molecule has 1 N–H and O–H groups in total. The van der Waals surface area contributed by atoms with Gasteiger partial charge in [-0.05, 0) is 36.0 Å². The number of nitrogens with zero attached hydrogens (tertiary/aromatic N) is 1. The van der Waals surface area contributed by atoms with Gasteiger partial charge in [-0.25, -0.2) is 0 Å². The molecule has 1 aromatic heterocycles. The zero-order valence-electron chi connectivity index (χ0n) is 7.07. The van der Waals surface area contributed by atoms with Crippen molar-refractivity contribution in [1.29, 1.82) is 0 Å². The largest absolute Gasteiger partial charge is 0.326 e. The van der Waals surface area contributed by atoms with Gasteiger partial charge in [-0.2, -0.15) is 11.8 Å². The quantitative estimate of drug-likeness (QED) is 0.767. The summed E-state index contributed by atoms with van der Waals surface area (Å²) in [6.07, 6.45) is 5.46. The van der Waals surface area contributed by atoms with Gasteiger partial charge in [0, 0.05) is 18.9 Å². The second-order valence-electron chi connectivity index (χ2n) is 3.18. The van der Waals surface area contributed by atoms with Crippen molar-refractivity contribution in [3.63, 3.8) is 0 Å². The Labute approximate surface area is 77.3 Å². The van der Waals surface area contributed by atoms with E-state index in [9.17, 15) is 0 Å². The lowest BCUT2D eigenvalue weighted by molar-refractivity contribution is 0.598. The van der Waals surface area contributed by atoms with Gasteiger partial charge in [-0.3, -0.25) is 4.68 Å². The molecule has 66 valence electrons. The van der Waals surface area contributed by atoms with E-state index in [2.05, 4.69) is 17.2 Å². The topological polar surface area (TPSA) is 17.0 Å². The van der Waals surface area contributed by atoms with Crippen LogP contribution in [-0.2, 0) is 0 Å². The van der Waals surface area contributed by atoms with Crippen molar-refractivity contribution in [2.75, 3.05) is 23.5 Å². The zero-order chi connectivity index (χ0) is 8.23. The number of aromatic nitrogens is 1. The molecule has 0 bridgehead atoms. The van der Waals surface area contributed by atoms with Gasteiger partial charge in [-0.15, -0.1) is 0 Å². The van der Waals surface area contributed by atoms with Crippen LogP contribution in [-0.4, -0.2) is 22.7 Å². The summed E-state index contributed by atoms with van der Waals surface area (Å²) >= 11 is 2.07. The van der Waals surface area contributed by atoms with Crippen LogP contribution >= 0.6 is 11.8 Å². The summed E-state index contributed by atoms with van der Waals surface area (Å²) in [6.45, 7) is 1.11. The summed E-state index contributed by atoms with van der Waals surface area (Å²) in [5.74, 6) is 3.55. The van der Waals surface area contributed by atoms with Crippen molar-refractivity contribution in [3.8, 4) is 0 Å². The molecule has 12 heavy (non-hydrogen) atoms. The predicted molar refractivity (Wildman–Crippen MR) is 54.1 cm³/mol. The minimum Gasteiger partial charge on any atom is -0.326 e. The van der Waals surface area contributed by atoms with Gasteiger partial charge in [0.1, 0.15) is 0 Å². The van der Waals surface area contributed by atoms with Crippen molar-refractivity contribution >= 4 is 11.8 Å². The zero-order valence-corrected chi connectivity index (χ0v) is 7.89. The van der Waals surface area contributed by atoms with Crippen molar-refractivity contribution in [2.24, 2.45) is 5.92 Å². The minimum atomic E-state index is 0.873. The molecule has 1 fully saturated rings. The Balaban J connectivity index is 1.74. The first kappa shape index (κ1) is 8.05. The number of hydrogen-bond acceptors (Lipinski definition) is 2. The lowest BCUT2D eigenvalue weighted by atomic mass is 10.1. The van der Waals surface area contributed by atoms with E-state index in [1.807, 2.05) is 29.2 Å². The van der Waals surface area contributed by atoms with Gasteiger partial charge in [0.15, 0.2) is 0 Å². The van der Waals surface area contributed by atoms with Crippen LogP contribution in [0.5, 0.6) is 0 Å². The van der Waals surface area contributed by atoms with Gasteiger partial charge >= 0.3 is 0 Å². The maximum Gasteiger partial charge on any atom is 0.0350 e. The normalized spacial score (nSPS) is 22.8. The highest BCUT2D eigenvalue weighted by Crippen LogP contribution is 2.22. The molecule has 1 unspecified atom stereocenters. The van der Waals surface area contributed by atoms with Crippen LogP contribution in [0.25, 0.3) is 0 Å². The predicted octanol–water partition coefficient (Wildman–Crippen LogP) is 1.78. The van der Waals surface area contributed by atoms with Crippen LogP contribution in [0.2, 0.25) is 0 Å². The standard InChI is InChI=1S/C9H14N2S/c1-2-5-11(4-1)10-7-9-3-6-12-8-9/h1-2,4-5,9-10H,3,6-8H2. The third-order valence-electron chi connectivity index (χ3n) is 2.19. The molecular weight excluding hydrogens is 168 g/mol. The van der Waals surface area contributed by atoms with Gasteiger partial charge in [0.25, 0.3) is 0 Å². The van der Waals surface area contributed by atoms with Crippen molar-refractivity contribution in [2.45, 2.75) is 6.42 Å². The summed E-state index contributed by atoms with van der Waals surface area (Å²) < 4.78 is 2.03. The number of hydrogen-bond donors (Lipinski definition) is 1. The highest BCUT2D eigenvalue weighted by molar-refractivity contribution is 7.99. The van der Waals surface area contributed by atoms with Crippen LogP contribution in [0.4, 0.5) is 0 Å². The van der Waals surface area contributed by atoms with Gasteiger partial charge in [0.2, 0.25) is 0 Å². The summed E-state index contributed by atoms with van der Waals surface area (Å²) in [4.78, 5) is 0. The Morgan fingerprint density at radius 1 is 1.42 bits per heavy atom. The molecule has 3 heteroatoms. The number of thioether (sulfide) groups is 1. The van der Waals surface area contributed by atoms with E-state index < -0.39 is 0 Å². The van der Waals surface area contributed by atoms with E-state index >= 15 is 0 Å². The van der Waals surface area contributed by atoms with Crippen LogP contribution in [0.1, 0.15) is 6.42 Å². The minimum absolute atomic E-state index is 0.873. The molecule has 0 spiro atoms. The smallest absolute Gasteiger partial charge is 0.0350 e. The SMILES string of the molecule is c1ccn(NCC2CCSC2)c1. The van der Waals surface area contributed by atoms with E-state index in [1.165, 1.54) is 17.9 Å². The van der Waals surface area contributed by atoms with Gasteiger partial charge in [-0.1, -0.05) is 0 Å². The lowest BCUT2D eigenvalue weighted by Gasteiger charge is -2.11. The molecule has 0 aromatic carbocycles. The van der Waals surface area contributed by atoms with Crippen LogP contribution in [0.15, 0.2) is 24.5 Å². The molecule has 2 heterocycles. The molecule has 0 radical (unpaired) electrons. The van der Waals surface area contributed by atoms with E-state index in [1.54, 1.807) is 0 Å². The monoisotopic (exact) mass is 182 g/mol. The van der Waals surface area contributed by atoms with Crippen molar-refractivity contribution < 1.29 is 0 Å². The Kier molecular flexibility index (Phi) is 2.61. The molecular formula is C9H14N2S. The Hall–Kier alpha value is -0.570. The molecule has 1 aromatic rings. The van der Waals surface area contributed by atoms with Crippen molar-refractivity contribution in [1.82, 2.24) is 4.68 Å².